The maximum absolute atomic E-state index is 12.7. The third-order valence-corrected chi connectivity index (χ3v) is 4.16. The molecule has 1 heterocycles. The number of aliphatic hydroxyl groups is 1. The number of likely N-dealkylation sites (tertiary alicyclic amines) is 1. The summed E-state index contributed by atoms with van der Waals surface area (Å²) in [5.74, 6) is -0.210. The van der Waals surface area contributed by atoms with Crippen LogP contribution in [0.3, 0.4) is 0 Å². The van der Waals surface area contributed by atoms with Gasteiger partial charge in [0, 0.05) is 19.6 Å². The molecular weight excluding hydrogens is 309 g/mol. The number of hydrogen-bond acceptors (Lipinski definition) is 3. The molecule has 1 aromatic carbocycles. The Bertz CT molecular complexity index is 512. The fraction of sp³-hybridized carbons (Fsp3) is 0.562. The van der Waals surface area contributed by atoms with Gasteiger partial charge < -0.3 is 10.4 Å². The van der Waals surface area contributed by atoms with E-state index < -0.39 is 24.6 Å². The molecule has 7 heteroatoms. The smallest absolute Gasteiger partial charge is 0.380 e. The van der Waals surface area contributed by atoms with Crippen LogP contribution in [0.2, 0.25) is 0 Å². The molecule has 0 saturated carbocycles. The van der Waals surface area contributed by atoms with Crippen LogP contribution in [-0.2, 0) is 11.2 Å². The van der Waals surface area contributed by atoms with Gasteiger partial charge >= 0.3 is 6.18 Å². The van der Waals surface area contributed by atoms with E-state index in [0.717, 1.165) is 5.56 Å². The standard InChI is InChI=1S/C16H21F3N2O2/c17-16(18,19)15(23)7-10-21(11-8-15)12-14(22)20-9-6-13-4-2-1-3-5-13/h1-5,23H,6-12H2,(H,20,22). The lowest BCUT2D eigenvalue weighted by Crippen LogP contribution is -2.54. The molecule has 23 heavy (non-hydrogen) atoms. The van der Waals surface area contributed by atoms with Crippen molar-refractivity contribution >= 4 is 5.91 Å². The molecule has 0 aromatic heterocycles. The molecule has 1 fully saturated rings. The lowest BCUT2D eigenvalue weighted by Gasteiger charge is -2.38. The van der Waals surface area contributed by atoms with Crippen LogP contribution in [0.15, 0.2) is 30.3 Å². The molecule has 4 nitrogen and oxygen atoms in total. The fourth-order valence-electron chi connectivity index (χ4n) is 2.61. The normalized spacial score (nSPS) is 18.6. The predicted octanol–water partition coefficient (Wildman–Crippen LogP) is 1.73. The zero-order valence-corrected chi connectivity index (χ0v) is 12.8. The fourth-order valence-corrected chi connectivity index (χ4v) is 2.61. The Kier molecular flexibility index (Phi) is 5.64. The van der Waals surface area contributed by atoms with Gasteiger partial charge in [0.15, 0.2) is 5.60 Å². The maximum Gasteiger partial charge on any atom is 0.417 e. The Labute approximate surface area is 133 Å². The van der Waals surface area contributed by atoms with E-state index in [4.69, 9.17) is 0 Å². The van der Waals surface area contributed by atoms with Gasteiger partial charge in [-0.15, -0.1) is 0 Å². The number of piperidine rings is 1. The molecule has 2 N–H and O–H groups in total. The Morgan fingerprint density at radius 3 is 2.39 bits per heavy atom. The van der Waals surface area contributed by atoms with E-state index >= 15 is 0 Å². The van der Waals surface area contributed by atoms with Gasteiger partial charge in [0.1, 0.15) is 0 Å². The predicted molar refractivity (Wildman–Crippen MR) is 79.8 cm³/mol. The van der Waals surface area contributed by atoms with Gasteiger partial charge in [0.05, 0.1) is 6.54 Å². The molecule has 0 aliphatic carbocycles. The summed E-state index contributed by atoms with van der Waals surface area (Å²) in [4.78, 5) is 13.5. The van der Waals surface area contributed by atoms with Crippen LogP contribution < -0.4 is 5.32 Å². The molecule has 0 spiro atoms. The molecule has 0 atom stereocenters. The largest absolute Gasteiger partial charge is 0.417 e. The van der Waals surface area contributed by atoms with Crippen molar-refractivity contribution in [2.45, 2.75) is 31.0 Å². The van der Waals surface area contributed by atoms with Crippen LogP contribution in [0.4, 0.5) is 13.2 Å². The number of carbonyl (C=O) groups excluding carboxylic acids is 1. The van der Waals surface area contributed by atoms with E-state index in [1.807, 2.05) is 30.3 Å². The second-order valence-electron chi connectivity index (χ2n) is 5.89. The Balaban J connectivity index is 1.69. The summed E-state index contributed by atoms with van der Waals surface area (Å²) < 4.78 is 38.1. The molecule has 1 amide bonds. The average molecular weight is 330 g/mol. The molecule has 0 unspecified atom stereocenters. The maximum atomic E-state index is 12.7. The Morgan fingerprint density at radius 2 is 1.83 bits per heavy atom. The Hall–Kier alpha value is -1.60. The molecule has 1 aliphatic heterocycles. The summed E-state index contributed by atoms with van der Waals surface area (Å²) in [6.07, 6.45) is -4.70. The molecule has 1 saturated heterocycles. The number of nitrogens with zero attached hydrogens (tertiary/aromatic N) is 1. The molecule has 1 aliphatic rings. The molecule has 128 valence electrons. The molecule has 0 radical (unpaired) electrons. The summed E-state index contributed by atoms with van der Waals surface area (Å²) >= 11 is 0. The molecule has 0 bridgehead atoms. The van der Waals surface area contributed by atoms with Gasteiger partial charge in [-0.25, -0.2) is 0 Å². The first-order chi connectivity index (χ1) is 10.8. The number of carbonyl (C=O) groups is 1. The van der Waals surface area contributed by atoms with Crippen LogP contribution in [0.25, 0.3) is 0 Å². The van der Waals surface area contributed by atoms with E-state index in [1.54, 1.807) is 4.90 Å². The highest BCUT2D eigenvalue weighted by atomic mass is 19.4. The first-order valence-electron chi connectivity index (χ1n) is 7.62. The van der Waals surface area contributed by atoms with E-state index in [-0.39, 0.29) is 25.5 Å². The van der Waals surface area contributed by atoms with Crippen molar-refractivity contribution in [1.29, 1.82) is 0 Å². The summed E-state index contributed by atoms with van der Waals surface area (Å²) in [5, 5.41) is 12.3. The van der Waals surface area contributed by atoms with Crippen molar-refractivity contribution in [2.24, 2.45) is 0 Å². The Morgan fingerprint density at radius 1 is 1.22 bits per heavy atom. The number of halogens is 3. The number of nitrogens with one attached hydrogen (secondary N) is 1. The molecular formula is C16H21F3N2O2. The summed E-state index contributed by atoms with van der Waals surface area (Å²) in [5.41, 5.74) is -1.51. The van der Waals surface area contributed by atoms with Crippen molar-refractivity contribution in [3.63, 3.8) is 0 Å². The summed E-state index contributed by atoms with van der Waals surface area (Å²) in [6.45, 7) is 0.663. The first kappa shape index (κ1) is 17.7. The quantitative estimate of drug-likeness (QED) is 0.865. The summed E-state index contributed by atoms with van der Waals surface area (Å²) in [6, 6.07) is 9.70. The number of rotatable bonds is 5. The van der Waals surface area contributed by atoms with Crippen molar-refractivity contribution < 1.29 is 23.1 Å². The molecule has 2 rings (SSSR count). The lowest BCUT2D eigenvalue weighted by atomic mass is 9.91. The van der Waals surface area contributed by atoms with Crippen LogP contribution in [0.1, 0.15) is 18.4 Å². The minimum atomic E-state index is -4.61. The second-order valence-corrected chi connectivity index (χ2v) is 5.89. The third kappa shape index (κ3) is 4.94. The van der Waals surface area contributed by atoms with Crippen LogP contribution >= 0.6 is 0 Å². The monoisotopic (exact) mass is 330 g/mol. The number of alkyl halides is 3. The van der Waals surface area contributed by atoms with Gasteiger partial charge in [-0.05, 0) is 24.8 Å². The van der Waals surface area contributed by atoms with Gasteiger partial charge in [0.25, 0.3) is 0 Å². The van der Waals surface area contributed by atoms with Crippen molar-refractivity contribution in [3.05, 3.63) is 35.9 Å². The number of hydrogen-bond donors (Lipinski definition) is 2. The second kappa shape index (κ2) is 7.31. The topological polar surface area (TPSA) is 52.6 Å². The van der Waals surface area contributed by atoms with Gasteiger partial charge in [-0.3, -0.25) is 9.69 Å². The molecule has 1 aromatic rings. The van der Waals surface area contributed by atoms with Gasteiger partial charge in [0.2, 0.25) is 5.91 Å². The van der Waals surface area contributed by atoms with E-state index in [0.29, 0.717) is 13.0 Å². The van der Waals surface area contributed by atoms with Crippen molar-refractivity contribution in [3.8, 4) is 0 Å². The highest BCUT2D eigenvalue weighted by Crippen LogP contribution is 2.38. The van der Waals surface area contributed by atoms with Gasteiger partial charge in [-0.1, -0.05) is 30.3 Å². The zero-order valence-electron chi connectivity index (χ0n) is 12.8. The van der Waals surface area contributed by atoms with E-state index in [2.05, 4.69) is 5.32 Å². The van der Waals surface area contributed by atoms with E-state index in [9.17, 15) is 23.1 Å². The average Bonchev–Trinajstić information content (AvgIpc) is 2.50. The van der Waals surface area contributed by atoms with Crippen LogP contribution in [-0.4, -0.2) is 53.9 Å². The number of amides is 1. The number of benzene rings is 1. The third-order valence-electron chi connectivity index (χ3n) is 4.16. The highest BCUT2D eigenvalue weighted by Gasteiger charge is 2.54. The summed E-state index contributed by atoms with van der Waals surface area (Å²) in [7, 11) is 0. The lowest BCUT2D eigenvalue weighted by molar-refractivity contribution is -0.272. The SMILES string of the molecule is O=C(CN1CCC(O)(C(F)(F)F)CC1)NCCc1ccccc1. The minimum Gasteiger partial charge on any atom is -0.380 e. The zero-order chi connectivity index (χ0) is 16.9. The van der Waals surface area contributed by atoms with Crippen LogP contribution in [0.5, 0.6) is 0 Å². The van der Waals surface area contributed by atoms with Crippen LogP contribution in [0, 0.1) is 0 Å². The first-order valence-corrected chi connectivity index (χ1v) is 7.62. The van der Waals surface area contributed by atoms with Crippen molar-refractivity contribution in [2.75, 3.05) is 26.2 Å². The highest BCUT2D eigenvalue weighted by molar-refractivity contribution is 5.78. The van der Waals surface area contributed by atoms with Gasteiger partial charge in [-0.2, -0.15) is 13.2 Å². The van der Waals surface area contributed by atoms with Crippen molar-refractivity contribution in [1.82, 2.24) is 10.2 Å². The minimum absolute atomic E-state index is 0.0577. The van der Waals surface area contributed by atoms with E-state index in [1.165, 1.54) is 0 Å².